The van der Waals surface area contributed by atoms with E-state index in [1.807, 2.05) is 131 Å². The van der Waals surface area contributed by atoms with Crippen molar-refractivity contribution in [2.45, 2.75) is 84.6 Å². The number of nitrogens with zero attached hydrogens (tertiary/aromatic N) is 18. The first-order valence-electron chi connectivity index (χ1n) is 41.4. The smallest absolute Gasteiger partial charge is 0.227 e. The van der Waals surface area contributed by atoms with Gasteiger partial charge in [-0.05, 0) is 209 Å². The van der Waals surface area contributed by atoms with Crippen molar-refractivity contribution in [3.63, 3.8) is 0 Å². The quantitative estimate of drug-likeness (QED) is 0.0443. The molecular weight excluding hydrogens is 1730 g/mol. The van der Waals surface area contributed by atoms with Gasteiger partial charge in [-0.1, -0.05) is 95.3 Å². The van der Waals surface area contributed by atoms with Gasteiger partial charge in [0.15, 0.2) is 0 Å². The van der Waals surface area contributed by atoms with E-state index in [-0.39, 0.29) is 0 Å². The number of aryl methyl sites for hydroxylation is 3. The third-order valence-corrected chi connectivity index (χ3v) is 24.6. The molecule has 0 unspecified atom stereocenters. The lowest BCUT2D eigenvalue weighted by molar-refractivity contribution is 0.252. The number of aromatic nitrogens is 12. The summed E-state index contributed by atoms with van der Waals surface area (Å²) in [5, 5.41) is 29.0. The summed E-state index contributed by atoms with van der Waals surface area (Å²) < 4.78 is 0. The van der Waals surface area contributed by atoms with Crippen LogP contribution < -0.4 is 57.2 Å². The van der Waals surface area contributed by atoms with Gasteiger partial charge in [0.25, 0.3) is 0 Å². The van der Waals surface area contributed by atoms with Gasteiger partial charge in [0.1, 0.15) is 11.6 Å². The topological polar surface area (TPSA) is 270 Å². The van der Waals surface area contributed by atoms with E-state index in [1.54, 1.807) is 6.20 Å². The first-order chi connectivity index (χ1) is 60.4. The van der Waals surface area contributed by atoms with Crippen molar-refractivity contribution in [2.75, 3.05) is 151 Å². The van der Waals surface area contributed by atoms with Gasteiger partial charge in [0.05, 0.1) is 101 Å². The summed E-state index contributed by atoms with van der Waals surface area (Å²) in [6.07, 6.45) is 21.0. The molecule has 0 aliphatic carbocycles. The van der Waals surface area contributed by atoms with E-state index in [0.717, 1.165) is 251 Å². The highest BCUT2D eigenvalue weighted by molar-refractivity contribution is 7.81. The Labute approximate surface area is 769 Å². The minimum atomic E-state index is 0.517. The van der Waals surface area contributed by atoms with Crippen molar-refractivity contribution in [3.8, 4) is 45.0 Å². The molecule has 640 valence electrons. The number of rotatable bonds is 15. The molecule has 0 saturated carbocycles. The lowest BCUT2D eigenvalue weighted by Crippen LogP contribution is -2.44. The number of likely N-dealkylation sites (N-methyl/N-ethyl adjacent to an activating group) is 2. The van der Waals surface area contributed by atoms with Crippen molar-refractivity contribution in [2.24, 2.45) is 0 Å². The number of benzene rings is 4. The number of piperazine rings is 1. The van der Waals surface area contributed by atoms with Gasteiger partial charge in [-0.2, -0.15) is 0 Å². The van der Waals surface area contributed by atoms with Crippen molar-refractivity contribution in [1.29, 1.82) is 0 Å². The Morgan fingerprint density at radius 3 is 1.26 bits per heavy atom. The van der Waals surface area contributed by atoms with Crippen molar-refractivity contribution in [3.05, 3.63) is 218 Å². The molecule has 7 aliphatic rings. The number of pyridine rings is 4. The van der Waals surface area contributed by atoms with Gasteiger partial charge in [0, 0.05) is 203 Å². The molecule has 7 aliphatic heterocycles. The maximum Gasteiger partial charge on any atom is 0.227 e. The van der Waals surface area contributed by atoms with Crippen molar-refractivity contribution < 1.29 is 0 Å². The second-order valence-electron chi connectivity index (χ2n) is 32.1. The number of likely N-dealkylation sites (tertiary alicyclic amines) is 1. The van der Waals surface area contributed by atoms with Crippen LogP contribution >= 0.6 is 95.3 Å². The van der Waals surface area contributed by atoms with Crippen molar-refractivity contribution in [1.82, 2.24) is 74.5 Å². The number of anilines is 15. The van der Waals surface area contributed by atoms with Crippen LogP contribution in [0.15, 0.2) is 153 Å². The Kier molecular flexibility index (Phi) is 27.5. The summed E-state index contributed by atoms with van der Waals surface area (Å²) >= 11 is 46.6. The van der Waals surface area contributed by atoms with E-state index in [1.165, 1.54) is 12.8 Å². The van der Waals surface area contributed by atoms with Crippen LogP contribution in [0, 0.1) is 20.8 Å². The summed E-state index contributed by atoms with van der Waals surface area (Å²) in [6, 6.07) is 35.8. The number of hydrogen-bond acceptors (Lipinski definition) is 26. The molecule has 125 heavy (non-hydrogen) atoms. The molecule has 0 spiro atoms. The van der Waals surface area contributed by atoms with Gasteiger partial charge in [-0.25, -0.2) is 49.8 Å². The predicted molar refractivity (Wildman–Crippen MR) is 526 cm³/mol. The second-order valence-corrected chi connectivity index (χ2v) is 35.8. The fraction of sp³-hybridized carbons (Fsp3) is 0.297. The standard InChI is InChI=1S/C25H28ClN7S.C23H24ClN7S.C22H21ClN6S.C21H21ClN6S/c1-15-20(6-7-22(28-15)33(3)18-8-10-32(2)11-9-18)30-25-27-14-16-12-23(34)29-21-13-17(26)4-5-19(21)24(16)31-25;1-14-19(11-17(13-25-14)31-7-5-30(2)6-8-31)28-23-26-12-15-9-21(32)27-20-10-16(24)3-4-18(20)22(15)29-23;1-13-17(6-7-19(25-13)29-8-2-3-9-29)27-22-24-12-14-10-20(30)26-18-11-15(23)4-5-16(18)21(14)28-22;1-28(2)6-5-13-7-16(12-23-10-13)25-21-24-11-14-8-19(29)26-18-9-15(22)3-4-17(18)20(14)27-21/h4-7,13-14,18H,8-12H2,1-3H3,(H,29,34)(H,27,30,31);3-4,10-13H,5-9H2,1-2H3,(H,27,32)(H,26,28,29);4-7,11-12H,2-3,8-10H2,1H3,(H,26,30)(H,24,27,28);3-4,7,9-12H,5-6,8H2,1-2H3,(H,26,29)(H,24,25,27). The van der Waals surface area contributed by atoms with E-state index in [0.29, 0.717) is 75.6 Å². The average molecular weight is 1820 g/mol. The number of piperidine rings is 1. The first kappa shape index (κ1) is 87.5. The molecule has 34 heteroatoms. The van der Waals surface area contributed by atoms with Gasteiger partial charge >= 0.3 is 0 Å². The fourth-order valence-electron chi connectivity index (χ4n) is 15.8. The zero-order valence-electron chi connectivity index (χ0n) is 70.4. The summed E-state index contributed by atoms with van der Waals surface area (Å²) in [7, 11) is 10.6. The van der Waals surface area contributed by atoms with Gasteiger partial charge in [0.2, 0.25) is 23.8 Å². The molecule has 26 nitrogen and oxygen atoms in total. The van der Waals surface area contributed by atoms with E-state index >= 15 is 0 Å². The summed E-state index contributed by atoms with van der Waals surface area (Å²) in [5.41, 5.74) is 23.1. The monoisotopic (exact) mass is 1820 g/mol. The van der Waals surface area contributed by atoms with Crippen molar-refractivity contribution >= 4 is 202 Å². The third-order valence-electron chi connectivity index (χ3n) is 22.7. The number of fused-ring (bicyclic) bond motifs is 12. The number of halogens is 4. The van der Waals surface area contributed by atoms with Gasteiger partial charge < -0.3 is 71.9 Å². The molecule has 19 rings (SSSR count). The predicted octanol–water partition coefficient (Wildman–Crippen LogP) is 18.8. The molecular formula is C91H94Cl4N26S4. The Balaban J connectivity index is 0.000000123. The molecule has 15 heterocycles. The van der Waals surface area contributed by atoms with Crippen LogP contribution in [0.3, 0.4) is 0 Å². The second kappa shape index (κ2) is 39.3. The fourth-order valence-corrected chi connectivity index (χ4v) is 17.5. The number of thiocarbonyl (C=S) groups is 4. The number of nitrogens with one attached hydrogen (secondary N) is 8. The summed E-state index contributed by atoms with van der Waals surface area (Å²) in [4.78, 5) is 72.8. The molecule has 3 saturated heterocycles. The Bertz CT molecular complexity index is 6100. The van der Waals surface area contributed by atoms with Gasteiger partial charge in [-0.3, -0.25) is 9.97 Å². The third kappa shape index (κ3) is 21.6. The highest BCUT2D eigenvalue weighted by atomic mass is 35.5. The normalized spacial score (nSPS) is 15.2. The van der Waals surface area contributed by atoms with Crippen LogP contribution in [-0.2, 0) is 32.1 Å². The van der Waals surface area contributed by atoms with Crippen LogP contribution in [0.1, 0.15) is 70.6 Å². The van der Waals surface area contributed by atoms with Gasteiger partial charge in [-0.15, -0.1) is 0 Å². The van der Waals surface area contributed by atoms with E-state index in [4.69, 9.17) is 125 Å². The first-order valence-corrected chi connectivity index (χ1v) is 44.5. The maximum absolute atomic E-state index is 6.21. The zero-order valence-corrected chi connectivity index (χ0v) is 76.7. The highest BCUT2D eigenvalue weighted by Gasteiger charge is 2.28. The minimum Gasteiger partial charge on any atom is -0.368 e. The Hall–Kier alpha value is -11.0. The molecule has 0 amide bonds. The SMILES string of the molecule is CN(C)CCc1cncc(Nc2ncc3c(n2)-c2ccc(Cl)cc2NC(=S)C3)c1.Cc1nc(N(C)C2CCN(C)CC2)ccc1Nc1ncc2c(n1)-c1ccc(Cl)cc1NC(=S)C2.Cc1nc(N2CCCC2)ccc1Nc1ncc2c(n1)-c1ccc(Cl)cc1NC(=S)C2.Cc1ncc(N2CCN(C)CC2)cc1Nc1ncc2c(n1)-c1ccc(Cl)cc1NC(=S)C2. The molecule has 0 radical (unpaired) electrons. The van der Waals surface area contributed by atoms with E-state index in [9.17, 15) is 0 Å². The number of hydrogen-bond donors (Lipinski definition) is 8. The minimum absolute atomic E-state index is 0.517. The lowest BCUT2D eigenvalue weighted by atomic mass is 10.0. The zero-order chi connectivity index (χ0) is 87.1. The molecule has 0 atom stereocenters. The maximum atomic E-state index is 6.21. The molecule has 12 aromatic rings. The van der Waals surface area contributed by atoms with E-state index < -0.39 is 0 Å². The molecule has 0 bridgehead atoms. The molecule has 8 aromatic heterocycles. The van der Waals surface area contributed by atoms with Crippen LogP contribution in [0.4, 0.5) is 86.6 Å². The Morgan fingerprint density at radius 1 is 0.408 bits per heavy atom. The Morgan fingerprint density at radius 2 is 0.824 bits per heavy atom. The van der Waals surface area contributed by atoms with Crippen LogP contribution in [0.25, 0.3) is 45.0 Å². The summed E-state index contributed by atoms with van der Waals surface area (Å²) in [5.74, 6) is 4.12. The summed E-state index contributed by atoms with van der Waals surface area (Å²) in [6.45, 7) is 15.4. The van der Waals surface area contributed by atoms with Crippen LogP contribution in [-0.4, -0.2) is 195 Å². The largest absolute Gasteiger partial charge is 0.368 e. The van der Waals surface area contributed by atoms with Crippen LogP contribution in [0.5, 0.6) is 0 Å². The average Bonchev–Trinajstić information content (AvgIpc) is 1.49. The molecule has 8 N–H and O–H groups in total. The molecule has 3 fully saturated rings. The van der Waals surface area contributed by atoms with Crippen LogP contribution in [0.2, 0.25) is 20.1 Å². The van der Waals surface area contributed by atoms with E-state index in [2.05, 4.69) is 173 Å². The lowest BCUT2D eigenvalue weighted by Gasteiger charge is -2.35. The molecule has 4 aromatic carbocycles. The highest BCUT2D eigenvalue weighted by Crippen LogP contribution is 2.42.